The Morgan fingerprint density at radius 1 is 1.22 bits per heavy atom. The molecule has 0 aromatic carbocycles. The average molecular weight is 266 g/mol. The van der Waals surface area contributed by atoms with Gasteiger partial charge in [0.05, 0.1) is 10.7 Å². The van der Waals surface area contributed by atoms with E-state index in [4.69, 9.17) is 17.3 Å². The summed E-state index contributed by atoms with van der Waals surface area (Å²) in [5, 5.41) is 5.01. The van der Waals surface area contributed by atoms with Gasteiger partial charge in [0.15, 0.2) is 11.6 Å². The van der Waals surface area contributed by atoms with Gasteiger partial charge in [0, 0.05) is 19.4 Å². The molecule has 0 spiro atoms. The first-order valence-electron chi connectivity index (χ1n) is 6.00. The highest BCUT2D eigenvalue weighted by atomic mass is 35.5. The van der Waals surface area contributed by atoms with Gasteiger partial charge in [-0.3, -0.25) is 0 Å². The maximum atomic E-state index is 6.00. The molecule has 96 valence electrons. The van der Waals surface area contributed by atoms with Crippen LogP contribution >= 0.6 is 11.6 Å². The summed E-state index contributed by atoms with van der Waals surface area (Å²) in [6.45, 7) is 4.38. The largest absolute Gasteiger partial charge is 0.325 e. The molecule has 0 amide bonds. The van der Waals surface area contributed by atoms with E-state index in [2.05, 4.69) is 15.1 Å². The van der Waals surface area contributed by atoms with Crippen molar-refractivity contribution in [3.63, 3.8) is 0 Å². The maximum absolute atomic E-state index is 6.00. The number of pyridine rings is 1. The van der Waals surface area contributed by atoms with Crippen LogP contribution in [0.3, 0.4) is 0 Å². The molecule has 0 aliphatic rings. The summed E-state index contributed by atoms with van der Waals surface area (Å²) in [6.07, 6.45) is 1.60. The number of halogens is 1. The van der Waals surface area contributed by atoms with Crippen molar-refractivity contribution in [3.05, 3.63) is 34.5 Å². The molecule has 0 aliphatic carbocycles. The molecule has 0 saturated heterocycles. The van der Waals surface area contributed by atoms with E-state index >= 15 is 0 Å². The van der Waals surface area contributed by atoms with Gasteiger partial charge in [0.1, 0.15) is 5.82 Å². The molecule has 0 atom stereocenters. The molecule has 0 fully saturated rings. The SMILES string of the molecule is CCc1nc(CC)n(-c2ccc(Cl)c(CN)n2)n1. The van der Waals surface area contributed by atoms with E-state index in [0.717, 1.165) is 24.5 Å². The minimum Gasteiger partial charge on any atom is -0.325 e. The first kappa shape index (κ1) is 13.0. The molecule has 0 aliphatic heterocycles. The first-order valence-corrected chi connectivity index (χ1v) is 6.38. The zero-order valence-electron chi connectivity index (χ0n) is 10.5. The third-order valence-electron chi connectivity index (χ3n) is 2.66. The summed E-state index contributed by atoms with van der Waals surface area (Å²) >= 11 is 6.00. The normalized spacial score (nSPS) is 10.9. The predicted octanol–water partition coefficient (Wildman–Crippen LogP) is 1.90. The van der Waals surface area contributed by atoms with Gasteiger partial charge < -0.3 is 5.73 Å². The standard InChI is InChI=1S/C12H16ClN5/c1-3-10-16-11(4-2)18(17-10)12-6-5-8(13)9(7-14)15-12/h5-6H,3-4,7,14H2,1-2H3. The highest BCUT2D eigenvalue weighted by molar-refractivity contribution is 6.31. The minimum atomic E-state index is 0.309. The molecule has 0 radical (unpaired) electrons. The van der Waals surface area contributed by atoms with Crippen LogP contribution in [0.15, 0.2) is 12.1 Å². The van der Waals surface area contributed by atoms with Crippen molar-refractivity contribution < 1.29 is 0 Å². The van der Waals surface area contributed by atoms with Crippen molar-refractivity contribution in [2.75, 3.05) is 0 Å². The summed E-state index contributed by atoms with van der Waals surface area (Å²) in [7, 11) is 0. The molecule has 2 rings (SSSR count). The molecule has 18 heavy (non-hydrogen) atoms. The van der Waals surface area contributed by atoms with Crippen molar-refractivity contribution in [2.24, 2.45) is 5.73 Å². The highest BCUT2D eigenvalue weighted by Crippen LogP contribution is 2.16. The van der Waals surface area contributed by atoms with Crippen molar-refractivity contribution in [1.29, 1.82) is 0 Å². The molecule has 0 bridgehead atoms. The molecule has 0 saturated carbocycles. The molecule has 2 aromatic rings. The van der Waals surface area contributed by atoms with Crippen LogP contribution in [-0.2, 0) is 19.4 Å². The lowest BCUT2D eigenvalue weighted by atomic mass is 10.3. The van der Waals surface area contributed by atoms with Crippen molar-refractivity contribution >= 4 is 11.6 Å². The Morgan fingerprint density at radius 2 is 2.00 bits per heavy atom. The van der Waals surface area contributed by atoms with Crippen LogP contribution in [-0.4, -0.2) is 19.7 Å². The fourth-order valence-electron chi connectivity index (χ4n) is 1.69. The topological polar surface area (TPSA) is 69.6 Å². The molecule has 5 nitrogen and oxygen atoms in total. The van der Waals surface area contributed by atoms with E-state index < -0.39 is 0 Å². The Labute approximate surface area is 111 Å². The van der Waals surface area contributed by atoms with E-state index in [1.54, 1.807) is 10.7 Å². The lowest BCUT2D eigenvalue weighted by Crippen LogP contribution is -2.08. The third-order valence-corrected chi connectivity index (χ3v) is 3.01. The van der Waals surface area contributed by atoms with E-state index in [9.17, 15) is 0 Å². The second-order valence-corrected chi connectivity index (χ2v) is 4.27. The van der Waals surface area contributed by atoms with Crippen LogP contribution in [0, 0.1) is 0 Å². The number of aromatic nitrogens is 4. The molecule has 2 aromatic heterocycles. The van der Waals surface area contributed by atoms with Gasteiger partial charge in [0.25, 0.3) is 0 Å². The smallest absolute Gasteiger partial charge is 0.155 e. The number of nitrogens with two attached hydrogens (primary N) is 1. The van der Waals surface area contributed by atoms with Gasteiger partial charge in [-0.05, 0) is 12.1 Å². The Hall–Kier alpha value is -1.46. The van der Waals surface area contributed by atoms with Gasteiger partial charge in [-0.2, -0.15) is 4.68 Å². The van der Waals surface area contributed by atoms with Gasteiger partial charge >= 0.3 is 0 Å². The molecule has 6 heteroatoms. The lowest BCUT2D eigenvalue weighted by molar-refractivity contribution is 0.761. The van der Waals surface area contributed by atoms with E-state index in [-0.39, 0.29) is 0 Å². The fourth-order valence-corrected chi connectivity index (χ4v) is 1.87. The van der Waals surface area contributed by atoms with Gasteiger partial charge in [-0.15, -0.1) is 5.10 Å². The summed E-state index contributed by atoms with van der Waals surface area (Å²) in [5.74, 6) is 2.42. The zero-order chi connectivity index (χ0) is 13.1. The van der Waals surface area contributed by atoms with E-state index in [1.165, 1.54) is 0 Å². The van der Waals surface area contributed by atoms with Crippen LogP contribution in [0.4, 0.5) is 0 Å². The quantitative estimate of drug-likeness (QED) is 0.917. The Morgan fingerprint density at radius 3 is 2.61 bits per heavy atom. The Bertz CT molecular complexity index is 549. The van der Waals surface area contributed by atoms with E-state index in [1.807, 2.05) is 19.9 Å². The molecule has 2 N–H and O–H groups in total. The third kappa shape index (κ3) is 2.37. The number of nitrogens with zero attached hydrogens (tertiary/aromatic N) is 4. The summed E-state index contributed by atoms with van der Waals surface area (Å²) in [6, 6.07) is 3.62. The van der Waals surface area contributed by atoms with Crippen molar-refractivity contribution in [2.45, 2.75) is 33.2 Å². The Kier molecular flexibility index (Phi) is 3.93. The number of aryl methyl sites for hydroxylation is 2. The molecule has 2 heterocycles. The number of rotatable bonds is 4. The predicted molar refractivity (Wildman–Crippen MR) is 70.8 cm³/mol. The highest BCUT2D eigenvalue weighted by Gasteiger charge is 2.11. The summed E-state index contributed by atoms with van der Waals surface area (Å²) in [4.78, 5) is 8.87. The molecular formula is C12H16ClN5. The van der Waals surface area contributed by atoms with Crippen molar-refractivity contribution in [3.8, 4) is 5.82 Å². The second kappa shape index (κ2) is 5.46. The zero-order valence-corrected chi connectivity index (χ0v) is 11.3. The van der Waals surface area contributed by atoms with Crippen LogP contribution in [0.2, 0.25) is 5.02 Å². The van der Waals surface area contributed by atoms with Gasteiger partial charge in [0.2, 0.25) is 0 Å². The minimum absolute atomic E-state index is 0.309. The van der Waals surface area contributed by atoms with Crippen LogP contribution in [0.1, 0.15) is 31.2 Å². The lowest BCUT2D eigenvalue weighted by Gasteiger charge is -2.06. The number of hydrogen-bond acceptors (Lipinski definition) is 4. The van der Waals surface area contributed by atoms with E-state index in [0.29, 0.717) is 23.1 Å². The Balaban J connectivity index is 2.50. The van der Waals surface area contributed by atoms with Crippen molar-refractivity contribution in [1.82, 2.24) is 19.7 Å². The monoisotopic (exact) mass is 265 g/mol. The van der Waals surface area contributed by atoms with Crippen LogP contribution in [0.5, 0.6) is 0 Å². The van der Waals surface area contributed by atoms with Gasteiger partial charge in [-0.25, -0.2) is 9.97 Å². The number of hydrogen-bond donors (Lipinski definition) is 1. The molecular weight excluding hydrogens is 250 g/mol. The van der Waals surface area contributed by atoms with Gasteiger partial charge in [-0.1, -0.05) is 25.4 Å². The summed E-state index contributed by atoms with van der Waals surface area (Å²) < 4.78 is 1.76. The van der Waals surface area contributed by atoms with Crippen LogP contribution in [0.25, 0.3) is 5.82 Å². The fraction of sp³-hybridized carbons (Fsp3) is 0.417. The average Bonchev–Trinajstić information content (AvgIpc) is 2.82. The summed E-state index contributed by atoms with van der Waals surface area (Å²) in [5.41, 5.74) is 6.28. The molecule has 0 unspecified atom stereocenters. The van der Waals surface area contributed by atoms with Crippen LogP contribution < -0.4 is 5.73 Å². The second-order valence-electron chi connectivity index (χ2n) is 3.87. The first-order chi connectivity index (χ1) is 8.69. The maximum Gasteiger partial charge on any atom is 0.155 e.